The average molecular weight is 198 g/mol. The summed E-state index contributed by atoms with van der Waals surface area (Å²) in [5.41, 5.74) is 5.58. The van der Waals surface area contributed by atoms with E-state index in [0.717, 1.165) is 0 Å². The first kappa shape index (κ1) is 10.7. The molecule has 2 atom stereocenters. The molecule has 1 aliphatic heterocycles. The first-order valence-electron chi connectivity index (χ1n) is 4.10. The number of halogens is 3. The second kappa shape index (κ2) is 4.26. The standard InChI is InChI=1S/C7H13F3N2O/c8-7(9,10)4-12-1-5-2-13-3-6(5)11/h5-6,12H,1-4,11H2. The molecule has 78 valence electrons. The van der Waals surface area contributed by atoms with Gasteiger partial charge in [-0.25, -0.2) is 0 Å². The molecular weight excluding hydrogens is 185 g/mol. The van der Waals surface area contributed by atoms with Crippen molar-refractivity contribution in [2.24, 2.45) is 11.7 Å². The number of rotatable bonds is 3. The van der Waals surface area contributed by atoms with Crippen molar-refractivity contribution < 1.29 is 17.9 Å². The van der Waals surface area contributed by atoms with Crippen LogP contribution >= 0.6 is 0 Å². The molecule has 0 aromatic heterocycles. The fraction of sp³-hybridized carbons (Fsp3) is 1.00. The van der Waals surface area contributed by atoms with E-state index in [-0.39, 0.29) is 18.5 Å². The molecule has 1 fully saturated rings. The molecule has 1 heterocycles. The number of ether oxygens (including phenoxy) is 1. The molecule has 2 unspecified atom stereocenters. The normalized spacial score (nSPS) is 29.5. The van der Waals surface area contributed by atoms with Crippen molar-refractivity contribution in [1.82, 2.24) is 5.32 Å². The zero-order chi connectivity index (χ0) is 9.90. The Bertz CT molecular complexity index is 162. The number of hydrogen-bond donors (Lipinski definition) is 2. The molecule has 0 saturated carbocycles. The monoisotopic (exact) mass is 198 g/mol. The van der Waals surface area contributed by atoms with Crippen LogP contribution in [-0.2, 0) is 4.74 Å². The van der Waals surface area contributed by atoms with Gasteiger partial charge in [-0.3, -0.25) is 0 Å². The summed E-state index contributed by atoms with van der Waals surface area (Å²) in [6, 6.07) is -0.138. The number of nitrogens with one attached hydrogen (secondary N) is 1. The van der Waals surface area contributed by atoms with Crippen LogP contribution in [0.2, 0.25) is 0 Å². The lowest BCUT2D eigenvalue weighted by Gasteiger charge is -2.14. The van der Waals surface area contributed by atoms with E-state index in [2.05, 4.69) is 5.32 Å². The summed E-state index contributed by atoms with van der Waals surface area (Å²) in [6.07, 6.45) is -4.15. The molecule has 1 saturated heterocycles. The van der Waals surface area contributed by atoms with Crippen LogP contribution in [0.1, 0.15) is 0 Å². The van der Waals surface area contributed by atoms with Crippen molar-refractivity contribution in [2.45, 2.75) is 12.2 Å². The van der Waals surface area contributed by atoms with Crippen molar-refractivity contribution >= 4 is 0 Å². The van der Waals surface area contributed by atoms with Gasteiger partial charge in [0.2, 0.25) is 0 Å². The van der Waals surface area contributed by atoms with Crippen LogP contribution in [0.3, 0.4) is 0 Å². The van der Waals surface area contributed by atoms with Gasteiger partial charge >= 0.3 is 6.18 Å². The molecule has 0 aliphatic carbocycles. The zero-order valence-corrected chi connectivity index (χ0v) is 7.10. The lowest BCUT2D eigenvalue weighted by Crippen LogP contribution is -2.39. The lowest BCUT2D eigenvalue weighted by molar-refractivity contribution is -0.125. The first-order valence-corrected chi connectivity index (χ1v) is 4.10. The van der Waals surface area contributed by atoms with E-state index in [9.17, 15) is 13.2 Å². The van der Waals surface area contributed by atoms with Crippen molar-refractivity contribution in [2.75, 3.05) is 26.3 Å². The second-order valence-corrected chi connectivity index (χ2v) is 3.21. The highest BCUT2D eigenvalue weighted by Gasteiger charge is 2.29. The van der Waals surface area contributed by atoms with Crippen molar-refractivity contribution in [3.8, 4) is 0 Å². The van der Waals surface area contributed by atoms with Crippen molar-refractivity contribution in [3.63, 3.8) is 0 Å². The zero-order valence-electron chi connectivity index (χ0n) is 7.10. The van der Waals surface area contributed by atoms with Crippen molar-refractivity contribution in [1.29, 1.82) is 0 Å². The van der Waals surface area contributed by atoms with Gasteiger partial charge in [-0.15, -0.1) is 0 Å². The highest BCUT2D eigenvalue weighted by atomic mass is 19.4. The molecule has 3 nitrogen and oxygen atoms in total. The Morgan fingerprint density at radius 1 is 1.38 bits per heavy atom. The molecule has 0 spiro atoms. The molecular formula is C7H13F3N2O. The smallest absolute Gasteiger partial charge is 0.379 e. The topological polar surface area (TPSA) is 47.3 Å². The van der Waals surface area contributed by atoms with Crippen LogP contribution < -0.4 is 11.1 Å². The van der Waals surface area contributed by atoms with E-state index < -0.39 is 12.7 Å². The average Bonchev–Trinajstić information content (AvgIpc) is 2.34. The molecule has 0 bridgehead atoms. The fourth-order valence-corrected chi connectivity index (χ4v) is 1.22. The third kappa shape index (κ3) is 3.93. The summed E-state index contributed by atoms with van der Waals surface area (Å²) < 4.78 is 40.1. The second-order valence-electron chi connectivity index (χ2n) is 3.21. The number of alkyl halides is 3. The first-order chi connectivity index (χ1) is 5.99. The molecule has 1 aliphatic rings. The highest BCUT2D eigenvalue weighted by molar-refractivity contribution is 4.79. The van der Waals surface area contributed by atoms with Gasteiger partial charge in [-0.2, -0.15) is 13.2 Å². The van der Waals surface area contributed by atoms with E-state index in [1.807, 2.05) is 0 Å². The molecule has 1 rings (SSSR count). The van der Waals surface area contributed by atoms with Gasteiger partial charge in [-0.05, 0) is 0 Å². The molecule has 0 aromatic carbocycles. The maximum absolute atomic E-state index is 11.7. The number of nitrogens with two attached hydrogens (primary N) is 1. The van der Waals surface area contributed by atoms with Gasteiger partial charge in [0, 0.05) is 18.5 Å². The van der Waals surface area contributed by atoms with Gasteiger partial charge in [0.05, 0.1) is 19.8 Å². The van der Waals surface area contributed by atoms with E-state index >= 15 is 0 Å². The SMILES string of the molecule is NC1COCC1CNCC(F)(F)F. The molecule has 6 heteroatoms. The van der Waals surface area contributed by atoms with Crippen LogP contribution in [0.4, 0.5) is 13.2 Å². The minimum Gasteiger partial charge on any atom is -0.379 e. The summed E-state index contributed by atoms with van der Waals surface area (Å²) in [5, 5.41) is 2.31. The van der Waals surface area contributed by atoms with E-state index in [4.69, 9.17) is 10.5 Å². The van der Waals surface area contributed by atoms with Crippen molar-refractivity contribution in [3.05, 3.63) is 0 Å². The molecule has 0 aromatic rings. The number of hydrogen-bond acceptors (Lipinski definition) is 3. The minimum absolute atomic E-state index is 0.00218. The lowest BCUT2D eigenvalue weighted by atomic mass is 10.1. The maximum atomic E-state index is 11.7. The van der Waals surface area contributed by atoms with Crippen LogP contribution in [0.15, 0.2) is 0 Å². The molecule has 0 amide bonds. The third-order valence-electron chi connectivity index (χ3n) is 1.98. The quantitative estimate of drug-likeness (QED) is 0.676. The van der Waals surface area contributed by atoms with Gasteiger partial charge in [-0.1, -0.05) is 0 Å². The third-order valence-corrected chi connectivity index (χ3v) is 1.98. The Morgan fingerprint density at radius 3 is 2.54 bits per heavy atom. The molecule has 13 heavy (non-hydrogen) atoms. The Balaban J connectivity index is 2.12. The molecule has 3 N–H and O–H groups in total. The van der Waals surface area contributed by atoms with Gasteiger partial charge < -0.3 is 15.8 Å². The van der Waals surface area contributed by atoms with Crippen LogP contribution in [0.5, 0.6) is 0 Å². The Kier molecular flexibility index (Phi) is 3.52. The summed E-state index contributed by atoms with van der Waals surface area (Å²) in [5.74, 6) is 0.00218. The Labute approximate surface area is 74.4 Å². The minimum atomic E-state index is -4.15. The van der Waals surface area contributed by atoms with Crippen LogP contribution in [0.25, 0.3) is 0 Å². The molecule has 0 radical (unpaired) electrons. The summed E-state index contributed by atoms with van der Waals surface area (Å²) >= 11 is 0. The largest absolute Gasteiger partial charge is 0.401 e. The fourth-order valence-electron chi connectivity index (χ4n) is 1.22. The van der Waals surface area contributed by atoms with Gasteiger partial charge in [0.1, 0.15) is 0 Å². The van der Waals surface area contributed by atoms with Gasteiger partial charge in [0.15, 0.2) is 0 Å². The van der Waals surface area contributed by atoms with E-state index in [0.29, 0.717) is 13.2 Å². The summed E-state index contributed by atoms with van der Waals surface area (Å²) in [4.78, 5) is 0. The summed E-state index contributed by atoms with van der Waals surface area (Å²) in [6.45, 7) is 0.196. The predicted octanol–water partition coefficient (Wildman–Crippen LogP) is 0.112. The van der Waals surface area contributed by atoms with Crippen LogP contribution in [0, 0.1) is 5.92 Å². The summed E-state index contributed by atoms with van der Waals surface area (Å²) in [7, 11) is 0. The maximum Gasteiger partial charge on any atom is 0.401 e. The Hall–Kier alpha value is -0.330. The van der Waals surface area contributed by atoms with E-state index in [1.165, 1.54) is 0 Å². The Morgan fingerprint density at radius 2 is 2.08 bits per heavy atom. The van der Waals surface area contributed by atoms with E-state index in [1.54, 1.807) is 0 Å². The predicted molar refractivity (Wildman–Crippen MR) is 41.2 cm³/mol. The van der Waals surface area contributed by atoms with Crippen LogP contribution in [-0.4, -0.2) is 38.5 Å². The van der Waals surface area contributed by atoms with Gasteiger partial charge in [0.25, 0.3) is 0 Å². The highest BCUT2D eigenvalue weighted by Crippen LogP contribution is 2.14.